The summed E-state index contributed by atoms with van der Waals surface area (Å²) in [6.45, 7) is 3.74. The van der Waals surface area contributed by atoms with Crippen molar-refractivity contribution in [2.75, 3.05) is 26.8 Å². The molecule has 0 bridgehead atoms. The second-order valence-electron chi connectivity index (χ2n) is 7.68. The molecule has 146 valence electrons. The van der Waals surface area contributed by atoms with E-state index in [1.807, 2.05) is 0 Å². The summed E-state index contributed by atoms with van der Waals surface area (Å²) < 4.78 is 13.0. The summed E-state index contributed by atoms with van der Waals surface area (Å²) in [4.78, 5) is 20.5. The molecule has 0 saturated heterocycles. The van der Waals surface area contributed by atoms with Crippen molar-refractivity contribution < 1.29 is 9.18 Å². The van der Waals surface area contributed by atoms with E-state index in [4.69, 9.17) is 0 Å². The molecule has 0 aliphatic carbocycles. The van der Waals surface area contributed by atoms with Crippen molar-refractivity contribution in [3.05, 3.63) is 71.2 Å². The Bertz CT molecular complexity index is 964. The number of benzene rings is 2. The molecule has 0 spiro atoms. The number of ketones is 1. The third-order valence-corrected chi connectivity index (χ3v) is 5.51. The molecule has 0 unspecified atom stereocenters. The van der Waals surface area contributed by atoms with Gasteiger partial charge in [-0.3, -0.25) is 14.6 Å². The molecule has 1 N–H and O–H groups in total. The van der Waals surface area contributed by atoms with Gasteiger partial charge in [-0.2, -0.15) is 0 Å². The first-order chi connectivity index (χ1) is 13.6. The third kappa shape index (κ3) is 4.16. The molecule has 0 atom stereocenters. The van der Waals surface area contributed by atoms with Crippen LogP contribution in [0.5, 0.6) is 0 Å². The maximum Gasteiger partial charge on any atom is 0.162 e. The number of nitrogens with zero attached hydrogens (tertiary/aromatic N) is 2. The average Bonchev–Trinajstić information content (AvgIpc) is 3.06. The van der Waals surface area contributed by atoms with Crippen molar-refractivity contribution in [2.45, 2.75) is 25.8 Å². The second-order valence-corrected chi connectivity index (χ2v) is 7.68. The summed E-state index contributed by atoms with van der Waals surface area (Å²) in [5.41, 5.74) is 4.60. The Kier molecular flexibility index (Phi) is 5.55. The molecular formula is C23H26FN3O. The van der Waals surface area contributed by atoms with Crippen LogP contribution in [0.15, 0.2) is 48.5 Å². The van der Waals surface area contributed by atoms with E-state index >= 15 is 0 Å². The molecule has 0 amide bonds. The number of halogens is 1. The number of hydrogen-bond acceptors (Lipinski definition) is 3. The molecule has 2 heterocycles. The van der Waals surface area contributed by atoms with Crippen molar-refractivity contribution in [1.29, 1.82) is 0 Å². The Labute approximate surface area is 165 Å². The van der Waals surface area contributed by atoms with Crippen LogP contribution in [0.25, 0.3) is 10.9 Å². The summed E-state index contributed by atoms with van der Waals surface area (Å²) >= 11 is 0. The van der Waals surface area contributed by atoms with Gasteiger partial charge in [-0.15, -0.1) is 0 Å². The van der Waals surface area contributed by atoms with E-state index < -0.39 is 0 Å². The Hall–Kier alpha value is -2.50. The van der Waals surface area contributed by atoms with Crippen LogP contribution < -0.4 is 0 Å². The first-order valence-electron chi connectivity index (χ1n) is 9.88. The summed E-state index contributed by atoms with van der Waals surface area (Å²) in [6, 6.07) is 14.3. The molecule has 1 aliphatic heterocycles. The van der Waals surface area contributed by atoms with Crippen molar-refractivity contribution >= 4 is 16.7 Å². The van der Waals surface area contributed by atoms with Gasteiger partial charge in [0.1, 0.15) is 5.82 Å². The van der Waals surface area contributed by atoms with Crippen LogP contribution in [-0.4, -0.2) is 47.4 Å². The zero-order chi connectivity index (χ0) is 19.5. The topological polar surface area (TPSA) is 39.3 Å². The highest BCUT2D eigenvalue weighted by Gasteiger charge is 2.21. The van der Waals surface area contributed by atoms with Gasteiger partial charge in [0.25, 0.3) is 0 Å². The zero-order valence-corrected chi connectivity index (χ0v) is 16.2. The van der Waals surface area contributed by atoms with Gasteiger partial charge in [0.15, 0.2) is 5.78 Å². The number of fused-ring (bicyclic) bond motifs is 3. The monoisotopic (exact) mass is 379 g/mol. The van der Waals surface area contributed by atoms with Crippen LogP contribution >= 0.6 is 0 Å². The van der Waals surface area contributed by atoms with E-state index in [2.05, 4.69) is 46.1 Å². The Morgan fingerprint density at radius 2 is 1.96 bits per heavy atom. The number of para-hydroxylation sites is 1. The summed E-state index contributed by atoms with van der Waals surface area (Å²) in [5, 5.41) is 1.35. The highest BCUT2D eigenvalue weighted by Crippen LogP contribution is 2.27. The van der Waals surface area contributed by atoms with Gasteiger partial charge in [-0.25, -0.2) is 4.39 Å². The number of rotatable bonds is 7. The fraction of sp³-hybridized carbons (Fsp3) is 0.348. The molecule has 5 heteroatoms. The Balaban J connectivity index is 1.26. The number of aromatic amines is 1. The lowest BCUT2D eigenvalue weighted by atomic mass is 10.0. The van der Waals surface area contributed by atoms with Crippen molar-refractivity contribution in [3.63, 3.8) is 0 Å². The zero-order valence-electron chi connectivity index (χ0n) is 16.2. The van der Waals surface area contributed by atoms with Gasteiger partial charge in [0, 0.05) is 41.7 Å². The quantitative estimate of drug-likeness (QED) is 0.625. The minimum Gasteiger partial charge on any atom is -0.357 e. The molecule has 0 saturated carbocycles. The van der Waals surface area contributed by atoms with Crippen LogP contribution in [0.1, 0.15) is 34.5 Å². The average molecular weight is 379 g/mol. The molecule has 28 heavy (non-hydrogen) atoms. The summed E-state index contributed by atoms with van der Waals surface area (Å²) in [6.07, 6.45) is 2.36. The first kappa shape index (κ1) is 18.8. The van der Waals surface area contributed by atoms with Crippen LogP contribution in [0, 0.1) is 5.82 Å². The lowest BCUT2D eigenvalue weighted by Crippen LogP contribution is -2.39. The highest BCUT2D eigenvalue weighted by molar-refractivity contribution is 5.95. The number of aromatic nitrogens is 1. The minimum absolute atomic E-state index is 0.0779. The predicted molar refractivity (Wildman–Crippen MR) is 110 cm³/mol. The van der Waals surface area contributed by atoms with E-state index in [-0.39, 0.29) is 11.6 Å². The lowest BCUT2D eigenvalue weighted by molar-refractivity contribution is 0.0966. The van der Waals surface area contributed by atoms with E-state index in [1.54, 1.807) is 12.1 Å². The SMILES string of the molecule is CN(CCCC(=O)c1ccc(F)cc1)CN1CCc2c([nH]c3ccccc23)C1. The van der Waals surface area contributed by atoms with Crippen LogP contribution in [-0.2, 0) is 13.0 Å². The van der Waals surface area contributed by atoms with Crippen LogP contribution in [0.4, 0.5) is 4.39 Å². The molecule has 1 aliphatic rings. The summed E-state index contributed by atoms with van der Waals surface area (Å²) in [5.74, 6) is -0.231. The number of carbonyl (C=O) groups is 1. The first-order valence-corrected chi connectivity index (χ1v) is 9.88. The molecule has 0 fully saturated rings. The molecule has 1 aromatic heterocycles. The van der Waals surface area contributed by atoms with Crippen molar-refractivity contribution in [2.24, 2.45) is 0 Å². The largest absolute Gasteiger partial charge is 0.357 e. The Morgan fingerprint density at radius 3 is 2.79 bits per heavy atom. The Morgan fingerprint density at radius 1 is 1.18 bits per heavy atom. The fourth-order valence-electron chi connectivity index (χ4n) is 4.07. The molecule has 3 aromatic rings. The van der Waals surface area contributed by atoms with Gasteiger partial charge in [-0.05, 0) is 62.3 Å². The smallest absolute Gasteiger partial charge is 0.162 e. The third-order valence-electron chi connectivity index (χ3n) is 5.51. The maximum absolute atomic E-state index is 13.0. The predicted octanol–water partition coefficient (Wildman–Crippen LogP) is 4.22. The minimum atomic E-state index is -0.309. The summed E-state index contributed by atoms with van der Waals surface area (Å²) in [7, 11) is 2.10. The maximum atomic E-state index is 13.0. The standard InChI is InChI=1S/C23H26FN3O/c1-26(13-4-7-23(28)17-8-10-18(24)11-9-17)16-27-14-12-20-19-5-2-3-6-21(19)25-22(20)15-27/h2-3,5-6,8-11,25H,4,7,12-16H2,1H3. The number of nitrogens with one attached hydrogen (secondary N) is 1. The molecule has 4 nitrogen and oxygen atoms in total. The normalized spacial score (nSPS) is 14.5. The number of hydrogen-bond donors (Lipinski definition) is 1. The second kappa shape index (κ2) is 8.25. The van der Waals surface area contributed by atoms with Gasteiger partial charge in [0.2, 0.25) is 0 Å². The van der Waals surface area contributed by atoms with E-state index in [0.29, 0.717) is 12.0 Å². The molecular weight excluding hydrogens is 353 g/mol. The van der Waals surface area contributed by atoms with Crippen LogP contribution in [0.3, 0.4) is 0 Å². The van der Waals surface area contributed by atoms with Gasteiger partial charge >= 0.3 is 0 Å². The van der Waals surface area contributed by atoms with Gasteiger partial charge in [-0.1, -0.05) is 18.2 Å². The fourth-order valence-corrected chi connectivity index (χ4v) is 4.07. The van der Waals surface area contributed by atoms with Gasteiger partial charge < -0.3 is 4.98 Å². The van der Waals surface area contributed by atoms with Crippen molar-refractivity contribution in [1.82, 2.24) is 14.8 Å². The van der Waals surface area contributed by atoms with E-state index in [0.717, 1.165) is 39.1 Å². The van der Waals surface area contributed by atoms with Crippen LogP contribution in [0.2, 0.25) is 0 Å². The lowest BCUT2D eigenvalue weighted by Gasteiger charge is -2.31. The molecule has 2 aromatic carbocycles. The molecule has 4 rings (SSSR count). The van der Waals surface area contributed by atoms with E-state index in [1.165, 1.54) is 34.3 Å². The highest BCUT2D eigenvalue weighted by atomic mass is 19.1. The van der Waals surface area contributed by atoms with E-state index in [9.17, 15) is 9.18 Å². The number of Topliss-reactive ketones (excluding diaryl/α,β-unsaturated/α-hetero) is 1. The number of carbonyl (C=O) groups excluding carboxylic acids is 1. The number of H-pyrrole nitrogens is 1. The van der Waals surface area contributed by atoms with Crippen molar-refractivity contribution in [3.8, 4) is 0 Å². The molecule has 0 radical (unpaired) electrons. The van der Waals surface area contributed by atoms with Gasteiger partial charge in [0.05, 0.1) is 6.67 Å².